The fourth-order valence-corrected chi connectivity index (χ4v) is 2.76. The highest BCUT2D eigenvalue weighted by atomic mass is 16.2. The summed E-state index contributed by atoms with van der Waals surface area (Å²) in [5.41, 5.74) is 8.18. The van der Waals surface area contributed by atoms with E-state index in [9.17, 15) is 4.79 Å². The number of nitrogen functional groups attached to an aromatic ring is 1. The van der Waals surface area contributed by atoms with E-state index in [0.717, 1.165) is 31.5 Å². The molecule has 1 amide bonds. The fraction of sp³-hybridized carbons (Fsp3) is 0.533. The third kappa shape index (κ3) is 3.26. The number of carbonyl (C=O) groups is 1. The molecule has 0 aliphatic carbocycles. The smallest absolute Gasteiger partial charge is 0.253 e. The van der Waals surface area contributed by atoms with E-state index in [4.69, 9.17) is 5.73 Å². The van der Waals surface area contributed by atoms with Crippen molar-refractivity contribution in [2.45, 2.75) is 25.8 Å². The number of amides is 1. The summed E-state index contributed by atoms with van der Waals surface area (Å²) in [7, 11) is 4.00. The Morgan fingerprint density at radius 2 is 2.16 bits per heavy atom. The second-order valence-electron chi connectivity index (χ2n) is 5.61. The number of benzene rings is 1. The van der Waals surface area contributed by atoms with Gasteiger partial charge in [0.25, 0.3) is 5.91 Å². The van der Waals surface area contributed by atoms with E-state index in [1.165, 1.54) is 0 Å². The molecule has 1 saturated heterocycles. The number of nitrogens with zero attached hydrogens (tertiary/aromatic N) is 2. The molecule has 1 aliphatic heterocycles. The van der Waals surface area contributed by atoms with Gasteiger partial charge >= 0.3 is 0 Å². The predicted octanol–water partition coefficient (Wildman–Crippen LogP) is 1.74. The average molecular weight is 261 g/mol. The first kappa shape index (κ1) is 13.9. The summed E-state index contributed by atoms with van der Waals surface area (Å²) in [4.78, 5) is 16.7. The summed E-state index contributed by atoms with van der Waals surface area (Å²) in [6, 6.07) is 5.85. The van der Waals surface area contributed by atoms with Crippen LogP contribution in [0.15, 0.2) is 18.2 Å². The van der Waals surface area contributed by atoms with Crippen LogP contribution in [0, 0.1) is 6.92 Å². The molecular formula is C15H23N3O. The Morgan fingerprint density at radius 1 is 1.42 bits per heavy atom. The maximum atomic E-state index is 12.5. The van der Waals surface area contributed by atoms with E-state index < -0.39 is 0 Å². The summed E-state index contributed by atoms with van der Waals surface area (Å²) in [5.74, 6) is 0.0655. The van der Waals surface area contributed by atoms with Crippen molar-refractivity contribution in [2.75, 3.05) is 32.9 Å². The number of carbonyl (C=O) groups excluding carboxylic acids is 1. The zero-order valence-electron chi connectivity index (χ0n) is 12.0. The van der Waals surface area contributed by atoms with Gasteiger partial charge in [0.05, 0.1) is 0 Å². The lowest BCUT2D eigenvalue weighted by Gasteiger charge is -2.36. The number of piperidine rings is 1. The van der Waals surface area contributed by atoms with Gasteiger partial charge in [-0.1, -0.05) is 0 Å². The van der Waals surface area contributed by atoms with Crippen LogP contribution in [-0.2, 0) is 0 Å². The van der Waals surface area contributed by atoms with Gasteiger partial charge in [0.1, 0.15) is 0 Å². The molecule has 4 heteroatoms. The van der Waals surface area contributed by atoms with Gasteiger partial charge < -0.3 is 15.5 Å². The van der Waals surface area contributed by atoms with E-state index in [-0.39, 0.29) is 5.91 Å². The first-order valence-electron chi connectivity index (χ1n) is 6.80. The minimum Gasteiger partial charge on any atom is -0.399 e. The van der Waals surface area contributed by atoms with Crippen LogP contribution in [0.1, 0.15) is 28.8 Å². The minimum absolute atomic E-state index is 0.0655. The quantitative estimate of drug-likeness (QED) is 0.825. The molecule has 0 bridgehead atoms. The highest BCUT2D eigenvalue weighted by Crippen LogP contribution is 2.18. The number of likely N-dealkylation sites (tertiary alicyclic amines) is 1. The van der Waals surface area contributed by atoms with Gasteiger partial charge in [-0.05, 0) is 57.1 Å². The van der Waals surface area contributed by atoms with Crippen LogP contribution in [0.4, 0.5) is 5.69 Å². The highest BCUT2D eigenvalue weighted by molar-refractivity contribution is 5.95. The Kier molecular flexibility index (Phi) is 4.10. The molecule has 1 fully saturated rings. The lowest BCUT2D eigenvalue weighted by molar-refractivity contribution is 0.0644. The molecule has 2 rings (SSSR count). The molecule has 0 radical (unpaired) electrons. The Balaban J connectivity index is 2.13. The molecule has 1 heterocycles. The standard InChI is InChI=1S/C15H23N3O/c1-11-7-12(9-13(16)8-11)15(19)18(3)14-5-4-6-17(2)10-14/h7-9,14H,4-6,10,16H2,1-3H3. The van der Waals surface area contributed by atoms with Gasteiger partial charge in [-0.3, -0.25) is 4.79 Å². The molecule has 1 aromatic carbocycles. The molecule has 1 atom stereocenters. The molecule has 0 aromatic heterocycles. The molecule has 1 aromatic rings. The second kappa shape index (κ2) is 5.61. The van der Waals surface area contributed by atoms with E-state index in [1.807, 2.05) is 31.0 Å². The lowest BCUT2D eigenvalue weighted by Crippen LogP contribution is -2.47. The number of hydrogen-bond donors (Lipinski definition) is 1. The molecule has 0 spiro atoms. The Morgan fingerprint density at radius 3 is 2.79 bits per heavy atom. The van der Waals surface area contributed by atoms with Crippen molar-refractivity contribution in [1.29, 1.82) is 0 Å². The maximum Gasteiger partial charge on any atom is 0.253 e. The molecule has 1 aliphatic rings. The van der Waals surface area contributed by atoms with Gasteiger partial charge in [-0.15, -0.1) is 0 Å². The van der Waals surface area contributed by atoms with Crippen LogP contribution in [0.2, 0.25) is 0 Å². The van der Waals surface area contributed by atoms with E-state index in [1.54, 1.807) is 6.07 Å². The van der Waals surface area contributed by atoms with Crippen molar-refractivity contribution in [3.63, 3.8) is 0 Å². The van der Waals surface area contributed by atoms with Crippen molar-refractivity contribution >= 4 is 11.6 Å². The second-order valence-corrected chi connectivity index (χ2v) is 5.61. The Hall–Kier alpha value is -1.55. The highest BCUT2D eigenvalue weighted by Gasteiger charge is 2.25. The minimum atomic E-state index is 0.0655. The lowest BCUT2D eigenvalue weighted by atomic mass is 10.0. The first-order chi connectivity index (χ1) is 8.97. The number of likely N-dealkylation sites (N-methyl/N-ethyl adjacent to an activating group) is 2. The van der Waals surface area contributed by atoms with Gasteiger partial charge in [0.15, 0.2) is 0 Å². The zero-order valence-corrected chi connectivity index (χ0v) is 12.0. The average Bonchev–Trinajstić information content (AvgIpc) is 2.36. The van der Waals surface area contributed by atoms with Crippen molar-refractivity contribution in [2.24, 2.45) is 0 Å². The van der Waals surface area contributed by atoms with E-state index >= 15 is 0 Å². The SMILES string of the molecule is Cc1cc(N)cc(C(=O)N(C)C2CCCN(C)C2)c1. The third-order valence-electron chi connectivity index (χ3n) is 3.81. The van der Waals surface area contributed by atoms with Crippen LogP contribution in [0.25, 0.3) is 0 Å². The van der Waals surface area contributed by atoms with Gasteiger partial charge in [0.2, 0.25) is 0 Å². The largest absolute Gasteiger partial charge is 0.399 e. The Labute approximate surface area is 115 Å². The molecule has 0 saturated carbocycles. The van der Waals surface area contributed by atoms with Gasteiger partial charge in [-0.25, -0.2) is 0 Å². The molecular weight excluding hydrogens is 238 g/mol. The van der Waals surface area contributed by atoms with Crippen molar-refractivity contribution in [1.82, 2.24) is 9.80 Å². The molecule has 1 unspecified atom stereocenters. The van der Waals surface area contributed by atoms with Gasteiger partial charge in [0, 0.05) is 30.9 Å². The van der Waals surface area contributed by atoms with Crippen LogP contribution in [-0.4, -0.2) is 48.9 Å². The number of nitrogens with two attached hydrogens (primary N) is 1. The van der Waals surface area contributed by atoms with Crippen molar-refractivity contribution < 1.29 is 4.79 Å². The summed E-state index contributed by atoms with van der Waals surface area (Å²) in [6.07, 6.45) is 2.22. The summed E-state index contributed by atoms with van der Waals surface area (Å²) >= 11 is 0. The number of hydrogen-bond acceptors (Lipinski definition) is 3. The van der Waals surface area contributed by atoms with Crippen molar-refractivity contribution in [3.8, 4) is 0 Å². The fourth-order valence-electron chi connectivity index (χ4n) is 2.76. The molecule has 2 N–H and O–H groups in total. The van der Waals surface area contributed by atoms with Crippen LogP contribution in [0.5, 0.6) is 0 Å². The van der Waals surface area contributed by atoms with Crippen molar-refractivity contribution in [3.05, 3.63) is 29.3 Å². The van der Waals surface area contributed by atoms with Crippen LogP contribution >= 0.6 is 0 Å². The number of anilines is 1. The Bertz CT molecular complexity index is 452. The monoisotopic (exact) mass is 261 g/mol. The first-order valence-corrected chi connectivity index (χ1v) is 6.80. The van der Waals surface area contributed by atoms with E-state index in [0.29, 0.717) is 17.3 Å². The topological polar surface area (TPSA) is 49.6 Å². The number of rotatable bonds is 2. The van der Waals surface area contributed by atoms with E-state index in [2.05, 4.69) is 11.9 Å². The summed E-state index contributed by atoms with van der Waals surface area (Å²) < 4.78 is 0. The van der Waals surface area contributed by atoms with Crippen LogP contribution in [0.3, 0.4) is 0 Å². The van der Waals surface area contributed by atoms with Gasteiger partial charge in [-0.2, -0.15) is 0 Å². The number of aryl methyl sites for hydroxylation is 1. The molecule has 4 nitrogen and oxygen atoms in total. The maximum absolute atomic E-state index is 12.5. The summed E-state index contributed by atoms with van der Waals surface area (Å²) in [5, 5.41) is 0. The third-order valence-corrected chi connectivity index (χ3v) is 3.81. The normalized spacial score (nSPS) is 20.3. The van der Waals surface area contributed by atoms with Crippen LogP contribution < -0.4 is 5.73 Å². The summed E-state index contributed by atoms with van der Waals surface area (Å²) in [6.45, 7) is 4.03. The zero-order chi connectivity index (χ0) is 14.0. The predicted molar refractivity (Wildman–Crippen MR) is 78.2 cm³/mol. The molecule has 19 heavy (non-hydrogen) atoms. The molecule has 104 valence electrons.